The van der Waals surface area contributed by atoms with E-state index in [0.717, 1.165) is 53.9 Å². The van der Waals surface area contributed by atoms with Gasteiger partial charge >= 0.3 is 11.9 Å². The van der Waals surface area contributed by atoms with Gasteiger partial charge in [-0.05, 0) is 48.4 Å². The molecule has 0 unspecified atom stereocenters. The molecule has 176 valence electrons. The minimum atomic E-state index is -1.26. The summed E-state index contributed by atoms with van der Waals surface area (Å²) < 4.78 is 5.91. The van der Waals surface area contributed by atoms with E-state index in [0.29, 0.717) is 33.8 Å². The summed E-state index contributed by atoms with van der Waals surface area (Å²) >= 11 is 19.2. The van der Waals surface area contributed by atoms with Gasteiger partial charge in [0.15, 0.2) is 0 Å². The first-order valence-electron chi connectivity index (χ1n) is 10.1. The van der Waals surface area contributed by atoms with Gasteiger partial charge in [0.1, 0.15) is 11.5 Å². The second kappa shape index (κ2) is 10.7. The van der Waals surface area contributed by atoms with E-state index < -0.39 is 11.9 Å². The Kier molecular flexibility index (Phi) is 8.13. The van der Waals surface area contributed by atoms with Crippen molar-refractivity contribution in [1.82, 2.24) is 4.90 Å². The molecule has 2 heterocycles. The summed E-state index contributed by atoms with van der Waals surface area (Å²) in [7, 11) is 2.08. The van der Waals surface area contributed by atoms with Crippen LogP contribution in [0.3, 0.4) is 0 Å². The normalized spacial score (nSPS) is 17.4. The lowest BCUT2D eigenvalue weighted by Crippen LogP contribution is -2.24. The van der Waals surface area contributed by atoms with Crippen molar-refractivity contribution in [2.75, 3.05) is 26.7 Å². The zero-order valence-corrected chi connectivity index (χ0v) is 19.9. The molecule has 0 saturated carbocycles. The monoisotopic (exact) mass is 513 g/mol. The molecule has 4 rings (SSSR count). The van der Waals surface area contributed by atoms with Crippen LogP contribution in [0.15, 0.2) is 30.4 Å². The van der Waals surface area contributed by atoms with Gasteiger partial charge in [-0.15, -0.1) is 0 Å². The zero-order valence-electron chi connectivity index (χ0n) is 17.6. The van der Waals surface area contributed by atoms with Gasteiger partial charge in [0.2, 0.25) is 0 Å². The van der Waals surface area contributed by atoms with Crippen LogP contribution in [-0.4, -0.2) is 58.9 Å². The van der Waals surface area contributed by atoms with Gasteiger partial charge in [0.05, 0.1) is 21.7 Å². The van der Waals surface area contributed by atoms with Crippen LogP contribution in [0.4, 0.5) is 0 Å². The summed E-state index contributed by atoms with van der Waals surface area (Å²) in [5.74, 6) is -1.62. The highest BCUT2D eigenvalue weighted by Gasteiger charge is 2.32. The Bertz CT molecular complexity index is 1100. The van der Waals surface area contributed by atoms with Crippen LogP contribution >= 0.6 is 34.8 Å². The van der Waals surface area contributed by atoms with Gasteiger partial charge in [-0.25, -0.2) is 9.59 Å². The van der Waals surface area contributed by atoms with E-state index in [1.165, 1.54) is 0 Å². The first-order valence-corrected chi connectivity index (χ1v) is 11.2. The molecule has 0 aliphatic carbocycles. The number of carbonyl (C=O) groups is 2. The SMILES string of the molecule is CN1CCc2cc(Cl)c(O)cc2[C@@H](c2c(Cl)c(Cl)cc3c2OCC3)C1.O=C(O)/C=C\C(=O)O. The number of hydrogen-bond donors (Lipinski definition) is 3. The molecule has 0 radical (unpaired) electrons. The molecular formula is C23H22Cl3NO6. The largest absolute Gasteiger partial charge is 0.506 e. The maximum absolute atomic E-state index is 10.2. The van der Waals surface area contributed by atoms with E-state index in [-0.39, 0.29) is 11.7 Å². The highest BCUT2D eigenvalue weighted by atomic mass is 35.5. The molecule has 3 N–H and O–H groups in total. The molecule has 0 aromatic heterocycles. The van der Waals surface area contributed by atoms with Crippen LogP contribution in [-0.2, 0) is 22.4 Å². The van der Waals surface area contributed by atoms with Crippen molar-refractivity contribution in [3.63, 3.8) is 0 Å². The molecular weight excluding hydrogens is 493 g/mol. The average Bonchev–Trinajstić information content (AvgIpc) is 3.14. The molecule has 0 spiro atoms. The third kappa shape index (κ3) is 5.92. The molecule has 0 saturated heterocycles. The molecule has 2 aliphatic rings. The van der Waals surface area contributed by atoms with Gasteiger partial charge in [0, 0.05) is 43.1 Å². The fourth-order valence-electron chi connectivity index (χ4n) is 3.98. The topological polar surface area (TPSA) is 107 Å². The van der Waals surface area contributed by atoms with Crippen LogP contribution in [0.25, 0.3) is 0 Å². The molecule has 0 fully saturated rings. The summed E-state index contributed by atoms with van der Waals surface area (Å²) in [4.78, 5) is 21.4. The number of nitrogens with zero attached hydrogens (tertiary/aromatic N) is 1. The number of carboxylic acids is 2. The van der Waals surface area contributed by atoms with Gasteiger partial charge < -0.3 is 25.0 Å². The summed E-state index contributed by atoms with van der Waals surface area (Å²) in [5, 5.41) is 27.3. The predicted octanol–water partition coefficient (Wildman–Crippen LogP) is 4.62. The standard InChI is InChI=1S/C19H18Cl3NO2.C4H4O4/c1-23-4-2-10-6-14(20)16(24)8-12(10)13(9-23)17-18(22)15(21)7-11-3-5-25-19(11)17;5-3(6)1-2-4(7)8/h6-8,13,24H,2-5,9H2,1H3;1-2H,(H,5,6)(H,7,8)/b;2-1-/t13-;/m0./s1. The number of aliphatic carboxylic acids is 2. The first kappa shape index (κ1) is 25.2. The summed E-state index contributed by atoms with van der Waals surface area (Å²) in [6.45, 7) is 2.32. The minimum Gasteiger partial charge on any atom is -0.506 e. The summed E-state index contributed by atoms with van der Waals surface area (Å²) in [6, 6.07) is 5.52. The number of phenols is 1. The van der Waals surface area contributed by atoms with Crippen molar-refractivity contribution in [2.24, 2.45) is 0 Å². The van der Waals surface area contributed by atoms with Crippen LogP contribution in [0.1, 0.15) is 28.2 Å². The lowest BCUT2D eigenvalue weighted by molar-refractivity contribution is -0.134. The van der Waals surface area contributed by atoms with E-state index in [2.05, 4.69) is 11.9 Å². The number of carboxylic acid groups (broad SMARTS) is 2. The smallest absolute Gasteiger partial charge is 0.328 e. The summed E-state index contributed by atoms with van der Waals surface area (Å²) in [6.07, 6.45) is 2.81. The van der Waals surface area contributed by atoms with Crippen LogP contribution in [0.2, 0.25) is 15.1 Å². The van der Waals surface area contributed by atoms with Crippen LogP contribution in [0.5, 0.6) is 11.5 Å². The first-order chi connectivity index (χ1) is 15.6. The quantitative estimate of drug-likeness (QED) is 0.513. The van der Waals surface area contributed by atoms with Gasteiger partial charge in [-0.1, -0.05) is 34.8 Å². The summed E-state index contributed by atoms with van der Waals surface area (Å²) in [5.41, 5.74) is 4.17. The van der Waals surface area contributed by atoms with Crippen molar-refractivity contribution < 1.29 is 29.6 Å². The van der Waals surface area contributed by atoms with Gasteiger partial charge in [0.25, 0.3) is 0 Å². The maximum Gasteiger partial charge on any atom is 0.328 e. The van der Waals surface area contributed by atoms with Crippen molar-refractivity contribution in [3.05, 3.63) is 67.7 Å². The second-order valence-corrected chi connectivity index (χ2v) is 8.94. The number of rotatable bonds is 3. The number of aromatic hydroxyl groups is 1. The molecule has 1 atom stereocenters. The zero-order chi connectivity index (χ0) is 24.3. The van der Waals surface area contributed by atoms with Gasteiger partial charge in [-0.3, -0.25) is 0 Å². The number of hydrogen-bond acceptors (Lipinski definition) is 5. The molecule has 10 heteroatoms. The number of ether oxygens (including phenoxy) is 1. The van der Waals surface area contributed by atoms with Crippen LogP contribution < -0.4 is 4.74 Å². The third-order valence-electron chi connectivity index (χ3n) is 5.46. The number of fused-ring (bicyclic) bond motifs is 2. The Morgan fingerprint density at radius 2 is 1.67 bits per heavy atom. The van der Waals surface area contributed by atoms with Crippen molar-refractivity contribution in [1.29, 1.82) is 0 Å². The Labute approximate surface area is 205 Å². The fraction of sp³-hybridized carbons (Fsp3) is 0.304. The van der Waals surface area contributed by atoms with E-state index in [1.807, 2.05) is 12.1 Å². The lowest BCUT2D eigenvalue weighted by atomic mass is 9.86. The minimum absolute atomic E-state index is 0.0382. The molecule has 2 aromatic carbocycles. The average molecular weight is 515 g/mol. The second-order valence-electron chi connectivity index (χ2n) is 7.75. The van der Waals surface area contributed by atoms with E-state index in [1.54, 1.807) is 6.07 Å². The Morgan fingerprint density at radius 1 is 1.03 bits per heavy atom. The van der Waals surface area contributed by atoms with Crippen molar-refractivity contribution >= 4 is 46.7 Å². The predicted molar refractivity (Wildman–Crippen MR) is 126 cm³/mol. The molecule has 2 aliphatic heterocycles. The van der Waals surface area contributed by atoms with E-state index in [9.17, 15) is 14.7 Å². The fourth-order valence-corrected chi connectivity index (χ4v) is 4.67. The number of likely N-dealkylation sites (N-methyl/N-ethyl adjacent to an activating group) is 1. The molecule has 2 aromatic rings. The van der Waals surface area contributed by atoms with Crippen molar-refractivity contribution in [3.8, 4) is 11.5 Å². The molecule has 7 nitrogen and oxygen atoms in total. The lowest BCUT2D eigenvalue weighted by Gasteiger charge is -2.25. The number of halogens is 3. The Hall–Kier alpha value is -2.45. The molecule has 0 bridgehead atoms. The molecule has 0 amide bonds. The Balaban J connectivity index is 0.000000331. The van der Waals surface area contributed by atoms with Crippen molar-refractivity contribution in [2.45, 2.75) is 18.8 Å². The maximum atomic E-state index is 10.2. The number of phenolic OH excluding ortho intramolecular Hbond substituents is 1. The number of benzene rings is 2. The van der Waals surface area contributed by atoms with E-state index >= 15 is 0 Å². The Morgan fingerprint density at radius 3 is 2.30 bits per heavy atom. The highest BCUT2D eigenvalue weighted by molar-refractivity contribution is 6.42. The highest BCUT2D eigenvalue weighted by Crippen LogP contribution is 2.47. The third-order valence-corrected chi connectivity index (χ3v) is 6.56. The van der Waals surface area contributed by atoms with Gasteiger partial charge in [-0.2, -0.15) is 0 Å². The van der Waals surface area contributed by atoms with Crippen LogP contribution in [0, 0.1) is 0 Å². The molecule has 33 heavy (non-hydrogen) atoms. The van der Waals surface area contributed by atoms with E-state index in [4.69, 9.17) is 49.8 Å².